The third-order valence-electron chi connectivity index (χ3n) is 2.65. The molecule has 1 aliphatic rings. The zero-order chi connectivity index (χ0) is 9.42. The van der Waals surface area contributed by atoms with Gasteiger partial charge in [-0.1, -0.05) is 0 Å². The molecule has 72 valence electrons. The Kier molecular flexibility index (Phi) is 2.41. The van der Waals surface area contributed by atoms with Gasteiger partial charge in [-0.3, -0.25) is 0 Å². The number of rotatable bonds is 3. The van der Waals surface area contributed by atoms with Gasteiger partial charge in [0, 0.05) is 4.88 Å². The van der Waals surface area contributed by atoms with E-state index in [0.29, 0.717) is 5.92 Å². The zero-order valence-electron chi connectivity index (χ0n) is 7.60. The molecular weight excluding hydrogens is 184 g/mol. The van der Waals surface area contributed by atoms with Crippen molar-refractivity contribution >= 4 is 11.3 Å². The third-order valence-corrected chi connectivity index (χ3v) is 3.51. The summed E-state index contributed by atoms with van der Waals surface area (Å²) in [6.45, 7) is 1.98. The van der Waals surface area contributed by atoms with Gasteiger partial charge in [0.1, 0.15) is 6.10 Å². The van der Waals surface area contributed by atoms with Crippen LogP contribution in [0.3, 0.4) is 0 Å². The van der Waals surface area contributed by atoms with Crippen molar-refractivity contribution in [1.82, 2.24) is 0 Å². The van der Waals surface area contributed by atoms with Crippen LogP contribution in [0, 0.1) is 12.8 Å². The molecule has 2 N–H and O–H groups in total. The SMILES string of the molecule is Cc1sccc1C(O)C(O)C1CC1. The van der Waals surface area contributed by atoms with Crippen LogP contribution in [0.1, 0.15) is 29.4 Å². The largest absolute Gasteiger partial charge is 0.390 e. The van der Waals surface area contributed by atoms with E-state index in [4.69, 9.17) is 0 Å². The molecule has 1 heterocycles. The summed E-state index contributed by atoms with van der Waals surface area (Å²) in [5.74, 6) is 0.328. The van der Waals surface area contributed by atoms with Gasteiger partial charge in [0.25, 0.3) is 0 Å². The molecule has 2 nitrogen and oxygen atoms in total. The number of hydrogen-bond acceptors (Lipinski definition) is 3. The van der Waals surface area contributed by atoms with Gasteiger partial charge >= 0.3 is 0 Å². The van der Waals surface area contributed by atoms with Crippen molar-refractivity contribution in [3.63, 3.8) is 0 Å². The molecule has 3 heteroatoms. The molecule has 1 aromatic rings. The van der Waals surface area contributed by atoms with E-state index < -0.39 is 12.2 Å². The summed E-state index contributed by atoms with van der Waals surface area (Å²) < 4.78 is 0. The lowest BCUT2D eigenvalue weighted by Gasteiger charge is -2.16. The number of hydrogen-bond donors (Lipinski definition) is 2. The standard InChI is InChI=1S/C10H14O2S/c1-6-8(4-5-13-6)10(12)9(11)7-2-3-7/h4-5,7,9-12H,2-3H2,1H3. The van der Waals surface area contributed by atoms with Gasteiger partial charge < -0.3 is 10.2 Å². The van der Waals surface area contributed by atoms with E-state index in [0.717, 1.165) is 23.3 Å². The van der Waals surface area contributed by atoms with E-state index in [-0.39, 0.29) is 0 Å². The molecule has 13 heavy (non-hydrogen) atoms. The van der Waals surface area contributed by atoms with E-state index in [1.165, 1.54) is 0 Å². The Hall–Kier alpha value is -0.380. The summed E-state index contributed by atoms with van der Waals surface area (Å²) in [4.78, 5) is 1.10. The minimum absolute atomic E-state index is 0.328. The number of aliphatic hydroxyl groups is 2. The van der Waals surface area contributed by atoms with Crippen LogP contribution >= 0.6 is 11.3 Å². The highest BCUT2D eigenvalue weighted by Gasteiger charge is 2.35. The van der Waals surface area contributed by atoms with Crippen molar-refractivity contribution in [3.8, 4) is 0 Å². The fourth-order valence-corrected chi connectivity index (χ4v) is 2.32. The van der Waals surface area contributed by atoms with Gasteiger partial charge in [-0.25, -0.2) is 0 Å². The van der Waals surface area contributed by atoms with Crippen molar-refractivity contribution in [2.24, 2.45) is 5.92 Å². The summed E-state index contributed by atoms with van der Waals surface area (Å²) in [6, 6.07) is 1.90. The van der Waals surface area contributed by atoms with Crippen LogP contribution in [-0.4, -0.2) is 16.3 Å². The van der Waals surface area contributed by atoms with Gasteiger partial charge in [-0.15, -0.1) is 11.3 Å². The second-order valence-electron chi connectivity index (χ2n) is 3.70. The maximum absolute atomic E-state index is 9.83. The van der Waals surface area contributed by atoms with Crippen molar-refractivity contribution in [2.75, 3.05) is 0 Å². The Bertz CT molecular complexity index is 291. The number of thiophene rings is 1. The Morgan fingerprint density at radius 1 is 1.46 bits per heavy atom. The first-order valence-electron chi connectivity index (χ1n) is 4.60. The molecule has 0 bridgehead atoms. The molecule has 0 aliphatic heterocycles. The van der Waals surface area contributed by atoms with E-state index in [1.807, 2.05) is 18.4 Å². The van der Waals surface area contributed by atoms with Crippen LogP contribution in [0.4, 0.5) is 0 Å². The highest BCUT2D eigenvalue weighted by molar-refractivity contribution is 7.10. The van der Waals surface area contributed by atoms with Crippen molar-refractivity contribution in [1.29, 1.82) is 0 Å². The number of aryl methyl sites for hydroxylation is 1. The highest BCUT2D eigenvalue weighted by atomic mass is 32.1. The molecule has 2 rings (SSSR count). The van der Waals surface area contributed by atoms with Crippen molar-refractivity contribution in [3.05, 3.63) is 21.9 Å². The minimum Gasteiger partial charge on any atom is -0.390 e. The van der Waals surface area contributed by atoms with Crippen LogP contribution in [-0.2, 0) is 0 Å². The van der Waals surface area contributed by atoms with Crippen LogP contribution in [0.25, 0.3) is 0 Å². The molecule has 0 saturated heterocycles. The maximum Gasteiger partial charge on any atom is 0.106 e. The first-order chi connectivity index (χ1) is 6.20. The monoisotopic (exact) mass is 198 g/mol. The summed E-state index contributed by atoms with van der Waals surface area (Å²) in [7, 11) is 0. The van der Waals surface area contributed by atoms with Gasteiger partial charge in [-0.2, -0.15) is 0 Å². The lowest BCUT2D eigenvalue weighted by Crippen LogP contribution is -2.20. The molecule has 0 amide bonds. The zero-order valence-corrected chi connectivity index (χ0v) is 8.42. The molecule has 1 saturated carbocycles. The molecule has 1 aliphatic carbocycles. The Balaban J connectivity index is 2.11. The highest BCUT2D eigenvalue weighted by Crippen LogP contribution is 2.39. The second kappa shape index (κ2) is 3.40. The van der Waals surface area contributed by atoms with Crippen LogP contribution in [0.15, 0.2) is 11.4 Å². The number of aliphatic hydroxyl groups excluding tert-OH is 2. The molecule has 1 fully saturated rings. The van der Waals surface area contributed by atoms with Crippen LogP contribution < -0.4 is 0 Å². The van der Waals surface area contributed by atoms with Gasteiger partial charge in [0.2, 0.25) is 0 Å². The molecule has 0 radical (unpaired) electrons. The molecular formula is C10H14O2S. The second-order valence-corrected chi connectivity index (χ2v) is 4.83. The van der Waals surface area contributed by atoms with Gasteiger partial charge in [0.15, 0.2) is 0 Å². The lowest BCUT2D eigenvalue weighted by atomic mass is 10.0. The third kappa shape index (κ3) is 1.77. The lowest BCUT2D eigenvalue weighted by molar-refractivity contribution is 0.00477. The van der Waals surface area contributed by atoms with Crippen LogP contribution in [0.2, 0.25) is 0 Å². The summed E-state index contributed by atoms with van der Waals surface area (Å²) in [5.41, 5.74) is 0.893. The van der Waals surface area contributed by atoms with E-state index in [1.54, 1.807) is 11.3 Å². The Morgan fingerprint density at radius 3 is 2.62 bits per heavy atom. The molecule has 2 unspecified atom stereocenters. The van der Waals surface area contributed by atoms with Gasteiger partial charge in [0.05, 0.1) is 6.10 Å². The normalized spacial score (nSPS) is 21.5. The van der Waals surface area contributed by atoms with E-state index in [2.05, 4.69) is 0 Å². The van der Waals surface area contributed by atoms with E-state index in [9.17, 15) is 10.2 Å². The predicted molar refractivity (Wildman–Crippen MR) is 52.7 cm³/mol. The summed E-state index contributed by atoms with van der Waals surface area (Å²) in [5, 5.41) is 21.5. The fourth-order valence-electron chi connectivity index (χ4n) is 1.58. The van der Waals surface area contributed by atoms with E-state index >= 15 is 0 Å². The topological polar surface area (TPSA) is 40.5 Å². The molecule has 2 atom stereocenters. The minimum atomic E-state index is -0.682. The molecule has 0 spiro atoms. The molecule has 0 aromatic carbocycles. The Morgan fingerprint density at radius 2 is 2.15 bits per heavy atom. The van der Waals surface area contributed by atoms with Crippen LogP contribution in [0.5, 0.6) is 0 Å². The average Bonchev–Trinajstić information content (AvgIpc) is 2.87. The van der Waals surface area contributed by atoms with Crippen molar-refractivity contribution in [2.45, 2.75) is 32.0 Å². The first-order valence-corrected chi connectivity index (χ1v) is 5.48. The average molecular weight is 198 g/mol. The van der Waals surface area contributed by atoms with Crippen molar-refractivity contribution < 1.29 is 10.2 Å². The summed E-state index contributed by atoms with van der Waals surface area (Å²) in [6.07, 6.45) is 0.870. The fraction of sp³-hybridized carbons (Fsp3) is 0.600. The Labute approximate surface area is 81.8 Å². The maximum atomic E-state index is 9.83. The first kappa shape index (κ1) is 9.19. The quantitative estimate of drug-likeness (QED) is 0.778. The van der Waals surface area contributed by atoms with Gasteiger partial charge in [-0.05, 0) is 42.7 Å². The molecule has 1 aromatic heterocycles. The predicted octanol–water partition coefficient (Wildman–Crippen LogP) is 1.86. The summed E-state index contributed by atoms with van der Waals surface area (Å²) >= 11 is 1.61. The smallest absolute Gasteiger partial charge is 0.106 e.